The molecule has 0 atom stereocenters. The van der Waals surface area contributed by atoms with Gasteiger partial charge in [-0.25, -0.2) is 0 Å². The number of carbonyl (C=O) groups excluding carboxylic acids is 1. The first-order valence-corrected chi connectivity index (χ1v) is 10.9. The molecule has 0 unspecified atom stereocenters. The third kappa shape index (κ3) is 6.15. The molecular weight excluding hydrogens is 515 g/mol. The fourth-order valence-corrected chi connectivity index (χ4v) is 4.36. The zero-order valence-corrected chi connectivity index (χ0v) is 21.8. The van der Waals surface area contributed by atoms with Crippen molar-refractivity contribution in [3.8, 4) is 5.75 Å². The highest BCUT2D eigenvalue weighted by Crippen LogP contribution is 2.44. The molecule has 1 fully saturated rings. The molecule has 2 aromatic rings. The summed E-state index contributed by atoms with van der Waals surface area (Å²) >= 11 is 0. The number of nitrogens with one attached hydrogen (secondary N) is 2. The van der Waals surface area contributed by atoms with Gasteiger partial charge in [0.05, 0.1) is 7.11 Å². The van der Waals surface area contributed by atoms with Crippen molar-refractivity contribution in [2.75, 3.05) is 34.8 Å². The summed E-state index contributed by atoms with van der Waals surface area (Å²) in [5.74, 6) is 1.74. The first-order chi connectivity index (χ1) is 15.0. The molecule has 0 heterocycles. The van der Waals surface area contributed by atoms with E-state index in [1.165, 1.54) is 18.4 Å². The Hall–Kier alpha value is -2.29. The van der Waals surface area contributed by atoms with Crippen LogP contribution >= 0.6 is 24.0 Å². The number of carbonyl (C=O) groups is 1. The molecule has 1 aliphatic rings. The van der Waals surface area contributed by atoms with Crippen LogP contribution in [-0.4, -0.2) is 51.6 Å². The zero-order valence-electron chi connectivity index (χ0n) is 19.5. The number of guanidine groups is 1. The van der Waals surface area contributed by atoms with Crippen LogP contribution in [0.1, 0.15) is 47.2 Å². The summed E-state index contributed by atoms with van der Waals surface area (Å²) in [5.41, 5.74) is 3.12. The summed E-state index contributed by atoms with van der Waals surface area (Å²) < 4.78 is 5.66. The normalized spacial score (nSPS) is 14.9. The van der Waals surface area contributed by atoms with E-state index < -0.39 is 0 Å². The molecule has 0 radical (unpaired) electrons. The van der Waals surface area contributed by atoms with Gasteiger partial charge in [-0.2, -0.15) is 0 Å². The minimum atomic E-state index is 0. The van der Waals surface area contributed by atoms with Crippen molar-refractivity contribution in [2.24, 2.45) is 4.99 Å². The van der Waals surface area contributed by atoms with Gasteiger partial charge >= 0.3 is 0 Å². The van der Waals surface area contributed by atoms with E-state index in [0.29, 0.717) is 12.1 Å². The number of para-hydroxylation sites is 1. The minimum Gasteiger partial charge on any atom is -0.496 e. The Bertz CT molecular complexity index is 906. The van der Waals surface area contributed by atoms with Crippen molar-refractivity contribution in [1.82, 2.24) is 15.5 Å². The summed E-state index contributed by atoms with van der Waals surface area (Å²) in [4.78, 5) is 18.0. The molecule has 0 aromatic heterocycles. The van der Waals surface area contributed by atoms with Gasteiger partial charge in [-0.15, -0.1) is 24.0 Å². The number of benzene rings is 2. The van der Waals surface area contributed by atoms with Crippen LogP contribution in [0.5, 0.6) is 5.75 Å². The van der Waals surface area contributed by atoms with E-state index in [4.69, 9.17) is 4.74 Å². The minimum absolute atomic E-state index is 0. The standard InChI is InChI=1S/C25H34N4O2.HI/c1-26-24(27-17-19-11-13-20(14-12-19)23(30)29(2)3)28-18-25(15-7-8-16-25)21-9-5-6-10-22(21)31-4;/h5-6,9-14H,7-8,15-18H2,1-4H3,(H2,26,27,28);1H. The number of halogens is 1. The largest absolute Gasteiger partial charge is 0.496 e. The molecule has 1 saturated carbocycles. The molecule has 6 nitrogen and oxygen atoms in total. The highest BCUT2D eigenvalue weighted by molar-refractivity contribution is 14.0. The lowest BCUT2D eigenvalue weighted by Crippen LogP contribution is -2.44. The molecule has 0 saturated heterocycles. The van der Waals surface area contributed by atoms with E-state index in [-0.39, 0.29) is 35.3 Å². The van der Waals surface area contributed by atoms with Gasteiger partial charge < -0.3 is 20.3 Å². The highest BCUT2D eigenvalue weighted by Gasteiger charge is 2.37. The maximum atomic E-state index is 12.0. The molecule has 1 aliphatic carbocycles. The van der Waals surface area contributed by atoms with Crippen LogP contribution in [-0.2, 0) is 12.0 Å². The Morgan fingerprint density at radius 3 is 2.31 bits per heavy atom. The van der Waals surface area contributed by atoms with Crippen LogP contribution in [0.2, 0.25) is 0 Å². The van der Waals surface area contributed by atoms with Gasteiger partial charge in [-0.1, -0.05) is 43.2 Å². The fraction of sp³-hybridized carbons (Fsp3) is 0.440. The molecule has 0 bridgehead atoms. The molecule has 7 heteroatoms. The summed E-state index contributed by atoms with van der Waals surface area (Å²) in [5, 5.41) is 6.93. The number of hydrogen-bond acceptors (Lipinski definition) is 3. The third-order valence-electron chi connectivity index (χ3n) is 6.12. The molecule has 0 aliphatic heterocycles. The van der Waals surface area contributed by atoms with Crippen LogP contribution in [0.15, 0.2) is 53.5 Å². The van der Waals surface area contributed by atoms with Gasteiger partial charge in [0.1, 0.15) is 5.75 Å². The fourth-order valence-electron chi connectivity index (χ4n) is 4.36. The lowest BCUT2D eigenvalue weighted by Gasteiger charge is -2.32. The highest BCUT2D eigenvalue weighted by atomic mass is 127. The molecule has 3 rings (SSSR count). The van der Waals surface area contributed by atoms with Crippen LogP contribution in [0.4, 0.5) is 0 Å². The van der Waals surface area contributed by atoms with E-state index >= 15 is 0 Å². The molecule has 2 N–H and O–H groups in total. The first kappa shape index (κ1) is 26.0. The van der Waals surface area contributed by atoms with Crippen LogP contribution in [0.25, 0.3) is 0 Å². The lowest BCUT2D eigenvalue weighted by atomic mass is 9.78. The topological polar surface area (TPSA) is 66.0 Å². The second-order valence-electron chi connectivity index (χ2n) is 8.36. The Kier molecular flexibility index (Phi) is 9.81. The Morgan fingerprint density at radius 1 is 1.06 bits per heavy atom. The number of hydrogen-bond donors (Lipinski definition) is 2. The number of methoxy groups -OCH3 is 1. The number of nitrogens with zero attached hydrogens (tertiary/aromatic N) is 2. The number of amides is 1. The zero-order chi connectivity index (χ0) is 22.3. The summed E-state index contributed by atoms with van der Waals surface area (Å²) in [7, 11) is 7.05. The molecule has 174 valence electrons. The summed E-state index contributed by atoms with van der Waals surface area (Å²) in [6.07, 6.45) is 4.73. The smallest absolute Gasteiger partial charge is 0.253 e. The average Bonchev–Trinajstić information content (AvgIpc) is 3.29. The third-order valence-corrected chi connectivity index (χ3v) is 6.12. The predicted octanol–water partition coefficient (Wildman–Crippen LogP) is 4.19. The SMILES string of the molecule is CN=C(NCc1ccc(C(=O)N(C)C)cc1)NCC1(c2ccccc2OC)CCCC1.I. The van der Waals surface area contributed by atoms with Crippen molar-refractivity contribution < 1.29 is 9.53 Å². The summed E-state index contributed by atoms with van der Waals surface area (Å²) in [6, 6.07) is 16.0. The van der Waals surface area contributed by atoms with Gasteiger partial charge in [-0.3, -0.25) is 9.79 Å². The second-order valence-corrected chi connectivity index (χ2v) is 8.36. The Morgan fingerprint density at radius 2 is 1.72 bits per heavy atom. The molecule has 0 spiro atoms. The van der Waals surface area contributed by atoms with E-state index in [1.807, 2.05) is 36.4 Å². The van der Waals surface area contributed by atoms with Crippen LogP contribution in [0, 0.1) is 0 Å². The number of rotatable bonds is 7. The molecule has 1 amide bonds. The summed E-state index contributed by atoms with van der Waals surface area (Å²) in [6.45, 7) is 1.45. The van der Waals surface area contributed by atoms with E-state index in [1.54, 1.807) is 33.2 Å². The van der Waals surface area contributed by atoms with E-state index in [2.05, 4.69) is 27.8 Å². The van der Waals surface area contributed by atoms with Crippen LogP contribution < -0.4 is 15.4 Å². The lowest BCUT2D eigenvalue weighted by molar-refractivity contribution is 0.0827. The Labute approximate surface area is 208 Å². The van der Waals surface area contributed by atoms with Crippen molar-refractivity contribution in [3.63, 3.8) is 0 Å². The molecule has 32 heavy (non-hydrogen) atoms. The first-order valence-electron chi connectivity index (χ1n) is 10.9. The van der Waals surface area contributed by atoms with Crippen LogP contribution in [0.3, 0.4) is 0 Å². The monoisotopic (exact) mass is 550 g/mol. The second kappa shape index (κ2) is 12.1. The maximum Gasteiger partial charge on any atom is 0.253 e. The molecule has 2 aromatic carbocycles. The quantitative estimate of drug-likeness (QED) is 0.308. The van der Waals surface area contributed by atoms with Gasteiger partial charge in [0, 0.05) is 50.8 Å². The predicted molar refractivity (Wildman–Crippen MR) is 141 cm³/mol. The van der Waals surface area contributed by atoms with Crippen molar-refractivity contribution >= 4 is 35.8 Å². The maximum absolute atomic E-state index is 12.0. The van der Waals surface area contributed by atoms with E-state index in [0.717, 1.165) is 36.7 Å². The van der Waals surface area contributed by atoms with Gasteiger partial charge in [-0.05, 0) is 36.6 Å². The number of aliphatic imine (C=N–C) groups is 1. The van der Waals surface area contributed by atoms with Gasteiger partial charge in [0.2, 0.25) is 0 Å². The molecular formula is C25H35IN4O2. The Balaban J connectivity index is 0.00000363. The van der Waals surface area contributed by atoms with E-state index in [9.17, 15) is 4.79 Å². The van der Waals surface area contributed by atoms with Crippen molar-refractivity contribution in [1.29, 1.82) is 0 Å². The number of ether oxygens (including phenoxy) is 1. The van der Waals surface area contributed by atoms with Gasteiger partial charge in [0.25, 0.3) is 5.91 Å². The van der Waals surface area contributed by atoms with Gasteiger partial charge in [0.15, 0.2) is 5.96 Å². The average molecular weight is 550 g/mol. The van der Waals surface area contributed by atoms with Crippen molar-refractivity contribution in [2.45, 2.75) is 37.6 Å². The van der Waals surface area contributed by atoms with Crippen molar-refractivity contribution in [3.05, 3.63) is 65.2 Å².